The Morgan fingerprint density at radius 3 is 2.79 bits per heavy atom. The molecular weight excluding hydrogens is 372 g/mol. The van der Waals surface area contributed by atoms with Crippen LogP contribution in [0.15, 0.2) is 29.2 Å². The first kappa shape index (κ1) is 17.1. The van der Waals surface area contributed by atoms with E-state index in [-0.39, 0.29) is 23.1 Å². The third kappa shape index (κ3) is 3.35. The van der Waals surface area contributed by atoms with Gasteiger partial charge in [-0.25, -0.2) is 8.42 Å². The highest BCUT2D eigenvalue weighted by Gasteiger charge is 2.42. The molecule has 3 rings (SSSR count). The number of carbonyl (C=O) groups excluding carboxylic acids is 1. The summed E-state index contributed by atoms with van der Waals surface area (Å²) in [5, 5.41) is 10.8. The largest absolute Gasteiger partial charge is 0.289 e. The third-order valence-electron chi connectivity index (χ3n) is 3.78. The molecule has 2 saturated heterocycles. The van der Waals surface area contributed by atoms with Crippen LogP contribution in [-0.4, -0.2) is 46.0 Å². The van der Waals surface area contributed by atoms with E-state index in [1.54, 1.807) is 6.07 Å². The number of amides is 1. The molecule has 0 bridgehead atoms. The SMILES string of the molecule is O=C1/C(=C/c2cccc([N+](=O)[O-])c2)SC(=S)N1C1CCS(=O)(=O)C1. The second-order valence-corrected chi connectivity index (χ2v) is 9.37. The summed E-state index contributed by atoms with van der Waals surface area (Å²) in [5.74, 6) is -0.374. The Morgan fingerprint density at radius 1 is 1.42 bits per heavy atom. The summed E-state index contributed by atoms with van der Waals surface area (Å²) < 4.78 is 23.6. The van der Waals surface area contributed by atoms with Gasteiger partial charge in [-0.2, -0.15) is 0 Å². The fourth-order valence-electron chi connectivity index (χ4n) is 2.65. The van der Waals surface area contributed by atoms with Crippen molar-refractivity contribution in [3.63, 3.8) is 0 Å². The van der Waals surface area contributed by atoms with Gasteiger partial charge in [0, 0.05) is 12.1 Å². The lowest BCUT2D eigenvalue weighted by Gasteiger charge is -2.20. The molecular formula is C14H12N2O5S3. The van der Waals surface area contributed by atoms with E-state index in [4.69, 9.17) is 12.2 Å². The lowest BCUT2D eigenvalue weighted by atomic mass is 10.1. The standard InChI is InChI=1S/C14H12N2O5S3/c17-13-12(7-9-2-1-3-10(6-9)16(18)19)23-14(22)15(13)11-4-5-24(20,21)8-11/h1-3,6-7,11H,4-5,8H2/b12-7-. The van der Waals surface area contributed by atoms with Crippen molar-refractivity contribution < 1.29 is 18.1 Å². The summed E-state index contributed by atoms with van der Waals surface area (Å²) in [5.41, 5.74) is 0.449. The first-order chi connectivity index (χ1) is 11.3. The molecule has 1 unspecified atom stereocenters. The van der Waals surface area contributed by atoms with E-state index < -0.39 is 20.8 Å². The molecule has 1 aromatic carbocycles. The molecule has 10 heteroatoms. The summed E-state index contributed by atoms with van der Waals surface area (Å²) in [6, 6.07) is 5.49. The van der Waals surface area contributed by atoms with Crippen molar-refractivity contribution >= 4 is 55.8 Å². The summed E-state index contributed by atoms with van der Waals surface area (Å²) in [6.07, 6.45) is 1.91. The number of sulfone groups is 1. The fraction of sp³-hybridized carbons (Fsp3) is 0.286. The number of non-ortho nitro benzene ring substituents is 1. The second-order valence-electron chi connectivity index (χ2n) is 5.46. The Balaban J connectivity index is 1.86. The van der Waals surface area contributed by atoms with Gasteiger partial charge < -0.3 is 0 Å². The summed E-state index contributed by atoms with van der Waals surface area (Å²) in [6.45, 7) is 0. The lowest BCUT2D eigenvalue weighted by Crippen LogP contribution is -2.39. The predicted octanol–water partition coefficient (Wildman–Crippen LogP) is 1.98. The molecule has 0 spiro atoms. The minimum absolute atomic E-state index is 0.0542. The van der Waals surface area contributed by atoms with E-state index in [2.05, 4.69) is 0 Å². The maximum atomic E-state index is 12.6. The lowest BCUT2D eigenvalue weighted by molar-refractivity contribution is -0.384. The van der Waals surface area contributed by atoms with Crippen LogP contribution in [0.1, 0.15) is 12.0 Å². The zero-order chi connectivity index (χ0) is 17.5. The van der Waals surface area contributed by atoms with Gasteiger partial charge in [0.15, 0.2) is 9.84 Å². The number of carbonyl (C=O) groups is 1. The first-order valence-electron chi connectivity index (χ1n) is 6.99. The van der Waals surface area contributed by atoms with E-state index in [1.165, 1.54) is 29.2 Å². The Morgan fingerprint density at radius 2 is 2.17 bits per heavy atom. The van der Waals surface area contributed by atoms with Crippen LogP contribution in [0.4, 0.5) is 5.69 Å². The molecule has 0 aromatic heterocycles. The second kappa shape index (κ2) is 6.26. The molecule has 0 saturated carbocycles. The van der Waals surface area contributed by atoms with Crippen molar-refractivity contribution in [1.82, 2.24) is 4.90 Å². The van der Waals surface area contributed by atoms with Crippen molar-refractivity contribution in [2.45, 2.75) is 12.5 Å². The van der Waals surface area contributed by atoms with Gasteiger partial charge in [0.2, 0.25) is 0 Å². The van der Waals surface area contributed by atoms with Crippen LogP contribution in [0.5, 0.6) is 0 Å². The number of benzene rings is 1. The zero-order valence-electron chi connectivity index (χ0n) is 12.2. The quantitative estimate of drug-likeness (QED) is 0.340. The molecule has 1 aromatic rings. The first-order valence-corrected chi connectivity index (χ1v) is 10.0. The van der Waals surface area contributed by atoms with Gasteiger partial charge in [-0.1, -0.05) is 36.1 Å². The molecule has 7 nitrogen and oxygen atoms in total. The summed E-state index contributed by atoms with van der Waals surface area (Å²) in [4.78, 5) is 24.6. The topological polar surface area (TPSA) is 97.6 Å². The van der Waals surface area contributed by atoms with E-state index in [1.807, 2.05) is 0 Å². The Kier molecular flexibility index (Phi) is 4.45. The molecule has 0 aliphatic carbocycles. The number of thiocarbonyl (C=S) groups is 1. The number of hydrogen-bond donors (Lipinski definition) is 0. The normalized spacial score (nSPS) is 24.8. The van der Waals surface area contributed by atoms with Crippen molar-refractivity contribution in [2.24, 2.45) is 0 Å². The van der Waals surface area contributed by atoms with Gasteiger partial charge in [0.1, 0.15) is 4.32 Å². The monoisotopic (exact) mass is 384 g/mol. The number of rotatable bonds is 3. The third-order valence-corrected chi connectivity index (χ3v) is 6.86. The summed E-state index contributed by atoms with van der Waals surface area (Å²) >= 11 is 6.30. The molecule has 1 amide bonds. The van der Waals surface area contributed by atoms with Crippen molar-refractivity contribution in [2.75, 3.05) is 11.5 Å². The van der Waals surface area contributed by atoms with Crippen LogP contribution in [0, 0.1) is 10.1 Å². The van der Waals surface area contributed by atoms with Gasteiger partial charge in [-0.05, 0) is 18.1 Å². The van der Waals surface area contributed by atoms with Crippen LogP contribution >= 0.6 is 24.0 Å². The highest BCUT2D eigenvalue weighted by Crippen LogP contribution is 2.36. The molecule has 1 atom stereocenters. The number of nitrogens with zero attached hydrogens (tertiary/aromatic N) is 2. The average Bonchev–Trinajstić information content (AvgIpc) is 2.99. The fourth-order valence-corrected chi connectivity index (χ4v) is 5.75. The van der Waals surface area contributed by atoms with Gasteiger partial charge in [-0.15, -0.1) is 0 Å². The molecule has 2 heterocycles. The van der Waals surface area contributed by atoms with E-state index >= 15 is 0 Å². The van der Waals surface area contributed by atoms with Crippen LogP contribution in [0.3, 0.4) is 0 Å². The number of nitro groups is 1. The minimum atomic E-state index is -3.13. The summed E-state index contributed by atoms with van der Waals surface area (Å²) in [7, 11) is -3.13. The zero-order valence-corrected chi connectivity index (χ0v) is 14.7. The van der Waals surface area contributed by atoms with Crippen LogP contribution in [-0.2, 0) is 14.6 Å². The van der Waals surface area contributed by atoms with Gasteiger partial charge >= 0.3 is 0 Å². The Labute approximate surface area is 147 Å². The molecule has 0 N–H and O–H groups in total. The maximum Gasteiger partial charge on any atom is 0.270 e. The maximum absolute atomic E-state index is 12.6. The van der Waals surface area contributed by atoms with E-state index in [0.29, 0.717) is 21.2 Å². The van der Waals surface area contributed by atoms with Crippen molar-refractivity contribution in [3.05, 3.63) is 44.8 Å². The highest BCUT2D eigenvalue weighted by molar-refractivity contribution is 8.26. The van der Waals surface area contributed by atoms with Crippen LogP contribution in [0.25, 0.3) is 6.08 Å². The predicted molar refractivity (Wildman–Crippen MR) is 95.2 cm³/mol. The molecule has 0 radical (unpaired) electrons. The van der Waals surface area contributed by atoms with Crippen LogP contribution in [0.2, 0.25) is 0 Å². The molecule has 2 aliphatic rings. The van der Waals surface area contributed by atoms with E-state index in [9.17, 15) is 23.3 Å². The van der Waals surface area contributed by atoms with Crippen molar-refractivity contribution in [1.29, 1.82) is 0 Å². The van der Waals surface area contributed by atoms with Crippen molar-refractivity contribution in [3.8, 4) is 0 Å². The Bertz CT molecular complexity index is 878. The van der Waals surface area contributed by atoms with Gasteiger partial charge in [-0.3, -0.25) is 19.8 Å². The average molecular weight is 384 g/mol. The Hall–Kier alpha value is -1.78. The van der Waals surface area contributed by atoms with Gasteiger partial charge in [0.05, 0.1) is 27.4 Å². The number of hydrogen-bond acceptors (Lipinski definition) is 7. The smallest absolute Gasteiger partial charge is 0.270 e. The van der Waals surface area contributed by atoms with Gasteiger partial charge in [0.25, 0.3) is 11.6 Å². The molecule has 24 heavy (non-hydrogen) atoms. The highest BCUT2D eigenvalue weighted by atomic mass is 32.2. The van der Waals surface area contributed by atoms with E-state index in [0.717, 1.165) is 11.8 Å². The number of nitro benzene ring substituents is 1. The minimum Gasteiger partial charge on any atom is -0.289 e. The number of thioether (sulfide) groups is 1. The molecule has 2 fully saturated rings. The molecule has 2 aliphatic heterocycles. The van der Waals surface area contributed by atoms with Crippen LogP contribution < -0.4 is 0 Å². The molecule has 126 valence electrons.